The van der Waals surface area contributed by atoms with Crippen molar-refractivity contribution < 1.29 is 19.7 Å². The average molecular weight is 515 g/mol. The number of likely N-dealkylation sites (tertiary alicyclic amines) is 1. The lowest BCUT2D eigenvalue weighted by atomic mass is 9.79. The predicted molar refractivity (Wildman–Crippen MR) is 147 cm³/mol. The van der Waals surface area contributed by atoms with E-state index in [1.165, 1.54) is 37.9 Å². The maximum absolute atomic E-state index is 11.3. The number of hydrogen-bond donors (Lipinski definition) is 2. The molecule has 1 aliphatic carbocycles. The number of carbonyl (C=O) groups is 1. The van der Waals surface area contributed by atoms with E-state index in [2.05, 4.69) is 21.6 Å². The van der Waals surface area contributed by atoms with Crippen LogP contribution in [0.15, 0.2) is 30.5 Å². The summed E-state index contributed by atoms with van der Waals surface area (Å²) in [7, 11) is 1.64. The Labute approximate surface area is 219 Å². The number of pyridine rings is 1. The molecule has 6 nitrogen and oxygen atoms in total. The van der Waals surface area contributed by atoms with Crippen LogP contribution in [0.3, 0.4) is 0 Å². The molecule has 2 aromatic rings. The summed E-state index contributed by atoms with van der Waals surface area (Å²) in [5.41, 5.74) is 1.74. The summed E-state index contributed by atoms with van der Waals surface area (Å²) in [5.74, 6) is 2.04. The van der Waals surface area contributed by atoms with Crippen molar-refractivity contribution in [2.75, 3.05) is 32.5 Å². The minimum absolute atomic E-state index is 0.225. The SMILES string of the molecule is COc1ccc2nccc([C@@H](O)CCC3CCN(CCSC4CCCCC4)CC3CCC(=O)O)c2c1. The minimum Gasteiger partial charge on any atom is -0.497 e. The third kappa shape index (κ3) is 7.59. The van der Waals surface area contributed by atoms with Crippen molar-refractivity contribution >= 4 is 28.6 Å². The van der Waals surface area contributed by atoms with Crippen LogP contribution in [0.5, 0.6) is 5.75 Å². The number of hydrogen-bond acceptors (Lipinski definition) is 6. The first-order valence-electron chi connectivity index (χ1n) is 13.7. The van der Waals surface area contributed by atoms with Crippen molar-refractivity contribution in [3.05, 3.63) is 36.0 Å². The van der Waals surface area contributed by atoms with E-state index >= 15 is 0 Å². The lowest BCUT2D eigenvalue weighted by Gasteiger charge is -2.39. The van der Waals surface area contributed by atoms with Crippen LogP contribution in [0.4, 0.5) is 0 Å². The molecule has 0 radical (unpaired) electrons. The van der Waals surface area contributed by atoms with Gasteiger partial charge in [-0.05, 0) is 86.7 Å². The quantitative estimate of drug-likeness (QED) is 0.363. The van der Waals surface area contributed by atoms with Crippen molar-refractivity contribution in [2.24, 2.45) is 11.8 Å². The Morgan fingerprint density at radius 1 is 1.17 bits per heavy atom. The number of carboxylic acid groups (broad SMARTS) is 1. The second-order valence-electron chi connectivity index (χ2n) is 10.5. The molecule has 0 spiro atoms. The van der Waals surface area contributed by atoms with E-state index < -0.39 is 12.1 Å². The number of rotatable bonds is 12. The van der Waals surface area contributed by atoms with E-state index in [9.17, 15) is 15.0 Å². The van der Waals surface area contributed by atoms with Crippen LogP contribution < -0.4 is 4.74 Å². The smallest absolute Gasteiger partial charge is 0.303 e. The number of aliphatic hydroxyl groups excluding tert-OH is 1. The fourth-order valence-electron chi connectivity index (χ4n) is 6.05. The maximum Gasteiger partial charge on any atom is 0.303 e. The van der Waals surface area contributed by atoms with E-state index in [4.69, 9.17) is 4.74 Å². The lowest BCUT2D eigenvalue weighted by molar-refractivity contribution is -0.137. The van der Waals surface area contributed by atoms with Gasteiger partial charge in [-0.25, -0.2) is 0 Å². The zero-order chi connectivity index (χ0) is 25.3. The number of carboxylic acids is 1. The molecule has 1 aromatic carbocycles. The zero-order valence-corrected chi connectivity index (χ0v) is 22.4. The van der Waals surface area contributed by atoms with Gasteiger partial charge in [0, 0.05) is 42.1 Å². The first-order valence-corrected chi connectivity index (χ1v) is 14.7. The number of methoxy groups -OCH3 is 1. The first-order chi connectivity index (χ1) is 17.5. The van der Waals surface area contributed by atoms with Gasteiger partial charge in [-0.3, -0.25) is 9.78 Å². The van der Waals surface area contributed by atoms with Gasteiger partial charge in [0.05, 0.1) is 18.7 Å². The highest BCUT2D eigenvalue weighted by molar-refractivity contribution is 7.99. The van der Waals surface area contributed by atoms with Crippen molar-refractivity contribution in [3.63, 3.8) is 0 Å². The third-order valence-corrected chi connectivity index (χ3v) is 9.53. The summed E-state index contributed by atoms with van der Waals surface area (Å²) in [5, 5.41) is 22.2. The van der Waals surface area contributed by atoms with E-state index in [0.717, 1.165) is 66.4 Å². The van der Waals surface area contributed by atoms with Gasteiger partial charge in [-0.1, -0.05) is 19.3 Å². The minimum atomic E-state index is -0.712. The lowest BCUT2D eigenvalue weighted by Crippen LogP contribution is -2.42. The van der Waals surface area contributed by atoms with Crippen LogP contribution in [0.25, 0.3) is 10.9 Å². The Balaban J connectivity index is 1.33. The molecule has 2 aliphatic rings. The van der Waals surface area contributed by atoms with Gasteiger partial charge < -0.3 is 19.8 Å². The molecule has 198 valence electrons. The van der Waals surface area contributed by atoms with E-state index in [1.807, 2.05) is 24.3 Å². The van der Waals surface area contributed by atoms with E-state index in [1.54, 1.807) is 13.3 Å². The number of aliphatic carboxylic acids is 1. The second-order valence-corrected chi connectivity index (χ2v) is 12.0. The summed E-state index contributed by atoms with van der Waals surface area (Å²) >= 11 is 2.14. The van der Waals surface area contributed by atoms with E-state index in [0.29, 0.717) is 18.3 Å². The van der Waals surface area contributed by atoms with Gasteiger partial charge in [-0.2, -0.15) is 11.8 Å². The van der Waals surface area contributed by atoms with Gasteiger partial charge in [0.25, 0.3) is 0 Å². The van der Waals surface area contributed by atoms with E-state index in [-0.39, 0.29) is 6.42 Å². The maximum atomic E-state index is 11.3. The highest BCUT2D eigenvalue weighted by Crippen LogP contribution is 2.35. The number of fused-ring (bicyclic) bond motifs is 1. The second kappa shape index (κ2) is 13.6. The summed E-state index contributed by atoms with van der Waals surface area (Å²) in [6, 6.07) is 7.66. The number of aromatic nitrogens is 1. The standard InChI is InChI=1S/C29H42N2O4S/c1-35-23-9-10-27-26(19-23)25(13-15-30-27)28(32)11-7-21-14-16-31(20-22(21)8-12-29(33)34)17-18-36-24-5-3-2-4-6-24/h9-10,13,15,19,21-22,24,28,32H,2-8,11-12,14,16-18,20H2,1H3,(H,33,34)/t21?,22?,28-/m0/s1. The van der Waals surface area contributed by atoms with Crippen LogP contribution in [0.1, 0.15) is 75.9 Å². The summed E-state index contributed by atoms with van der Waals surface area (Å²) in [4.78, 5) is 18.3. The zero-order valence-electron chi connectivity index (χ0n) is 21.6. The largest absolute Gasteiger partial charge is 0.497 e. The molecule has 2 unspecified atom stereocenters. The van der Waals surface area contributed by atoms with Crippen LogP contribution in [0, 0.1) is 11.8 Å². The topological polar surface area (TPSA) is 82.9 Å². The fourth-order valence-corrected chi connectivity index (χ4v) is 7.41. The molecule has 1 saturated carbocycles. The molecule has 1 saturated heterocycles. The van der Waals surface area contributed by atoms with Crippen molar-refractivity contribution in [1.29, 1.82) is 0 Å². The molecule has 3 atom stereocenters. The monoisotopic (exact) mass is 514 g/mol. The molecule has 1 aliphatic heterocycles. The number of ether oxygens (including phenoxy) is 1. The van der Waals surface area contributed by atoms with Crippen LogP contribution in [0.2, 0.25) is 0 Å². The summed E-state index contributed by atoms with van der Waals surface area (Å²) in [6.07, 6.45) is 11.7. The van der Waals surface area contributed by atoms with Crippen LogP contribution in [-0.4, -0.2) is 63.8 Å². The molecule has 2 fully saturated rings. The molecule has 0 amide bonds. The summed E-state index contributed by atoms with van der Waals surface area (Å²) in [6.45, 7) is 3.16. The van der Waals surface area contributed by atoms with Crippen LogP contribution in [-0.2, 0) is 4.79 Å². The first kappa shape index (κ1) is 27.2. The molecular formula is C29H42N2O4S. The molecular weight excluding hydrogens is 472 g/mol. The molecule has 36 heavy (non-hydrogen) atoms. The molecule has 0 bridgehead atoms. The molecule has 4 rings (SSSR count). The van der Waals surface area contributed by atoms with Crippen molar-refractivity contribution in [3.8, 4) is 5.75 Å². The Hall–Kier alpha value is -1.83. The number of thioether (sulfide) groups is 1. The Morgan fingerprint density at radius 2 is 2.00 bits per heavy atom. The van der Waals surface area contributed by atoms with Gasteiger partial charge in [0.1, 0.15) is 5.75 Å². The predicted octanol–water partition coefficient (Wildman–Crippen LogP) is 5.93. The Kier molecular flexibility index (Phi) is 10.3. The molecule has 2 N–H and O–H groups in total. The van der Waals surface area contributed by atoms with Gasteiger partial charge in [-0.15, -0.1) is 0 Å². The molecule has 2 heterocycles. The normalized spacial score (nSPS) is 22.5. The average Bonchev–Trinajstić information content (AvgIpc) is 2.91. The number of nitrogens with zero attached hydrogens (tertiary/aromatic N) is 2. The number of benzene rings is 1. The van der Waals surface area contributed by atoms with Gasteiger partial charge >= 0.3 is 5.97 Å². The molecule has 7 heteroatoms. The number of piperidine rings is 1. The van der Waals surface area contributed by atoms with Crippen molar-refractivity contribution in [1.82, 2.24) is 9.88 Å². The van der Waals surface area contributed by atoms with Crippen molar-refractivity contribution in [2.45, 2.75) is 75.6 Å². The Bertz CT molecular complexity index is 981. The summed E-state index contributed by atoms with van der Waals surface area (Å²) < 4.78 is 5.38. The Morgan fingerprint density at radius 3 is 2.78 bits per heavy atom. The highest BCUT2D eigenvalue weighted by Gasteiger charge is 2.30. The highest BCUT2D eigenvalue weighted by atomic mass is 32.2. The van der Waals surface area contributed by atoms with Crippen LogP contribution >= 0.6 is 11.8 Å². The van der Waals surface area contributed by atoms with Gasteiger partial charge in [0.15, 0.2) is 0 Å². The number of aliphatic hydroxyl groups is 1. The third-order valence-electron chi connectivity index (χ3n) is 8.17. The fraction of sp³-hybridized carbons (Fsp3) is 0.655. The molecule has 1 aromatic heterocycles. The van der Waals surface area contributed by atoms with Gasteiger partial charge in [0.2, 0.25) is 0 Å².